The number of H-pyrrole nitrogens is 1. The number of anilines is 1. The van der Waals surface area contributed by atoms with Crippen LogP contribution in [0.5, 0.6) is 0 Å². The van der Waals surface area contributed by atoms with E-state index in [0.717, 1.165) is 34.0 Å². The summed E-state index contributed by atoms with van der Waals surface area (Å²) in [5.74, 6) is 0. The van der Waals surface area contributed by atoms with Gasteiger partial charge in [0.15, 0.2) is 0 Å². The summed E-state index contributed by atoms with van der Waals surface area (Å²) in [6, 6.07) is 3.80. The van der Waals surface area contributed by atoms with E-state index in [9.17, 15) is 0 Å². The van der Waals surface area contributed by atoms with Gasteiger partial charge in [-0.05, 0) is 32.9 Å². The molecule has 4 nitrogen and oxygen atoms in total. The first-order chi connectivity index (χ1) is 7.09. The van der Waals surface area contributed by atoms with Crippen LogP contribution in [0.3, 0.4) is 0 Å². The number of nitrogen functional groups attached to an aromatic ring is 1. The van der Waals surface area contributed by atoms with Crippen LogP contribution in [0.25, 0.3) is 11.3 Å². The molecule has 0 atom stereocenters. The van der Waals surface area contributed by atoms with Gasteiger partial charge < -0.3 is 5.73 Å². The van der Waals surface area contributed by atoms with Crippen LogP contribution in [0.2, 0.25) is 0 Å². The first-order valence-electron chi connectivity index (χ1n) is 4.84. The summed E-state index contributed by atoms with van der Waals surface area (Å²) in [4.78, 5) is 4.45. The molecule has 15 heavy (non-hydrogen) atoms. The first kappa shape index (κ1) is 9.71. The molecule has 3 N–H and O–H groups in total. The zero-order chi connectivity index (χ0) is 11.0. The number of aromatic nitrogens is 3. The second-order valence-corrected chi connectivity index (χ2v) is 3.68. The minimum Gasteiger partial charge on any atom is -0.397 e. The molecule has 0 saturated carbocycles. The molecule has 2 aromatic rings. The highest BCUT2D eigenvalue weighted by Crippen LogP contribution is 2.24. The summed E-state index contributed by atoms with van der Waals surface area (Å²) in [5.41, 5.74) is 11.3. The average Bonchev–Trinajstić information content (AvgIpc) is 2.52. The Bertz CT molecular complexity index is 480. The minimum absolute atomic E-state index is 0.720. The molecule has 4 heteroatoms. The Balaban J connectivity index is 2.59. The second-order valence-electron chi connectivity index (χ2n) is 3.68. The van der Waals surface area contributed by atoms with Crippen LogP contribution in [-0.2, 0) is 0 Å². The largest absolute Gasteiger partial charge is 0.397 e. The van der Waals surface area contributed by atoms with Gasteiger partial charge in [0.2, 0.25) is 0 Å². The molecule has 0 radical (unpaired) electrons. The van der Waals surface area contributed by atoms with Crippen LogP contribution >= 0.6 is 0 Å². The molecule has 0 saturated heterocycles. The van der Waals surface area contributed by atoms with Gasteiger partial charge in [0.1, 0.15) is 0 Å². The maximum absolute atomic E-state index is 5.73. The van der Waals surface area contributed by atoms with Crippen molar-refractivity contribution in [2.24, 2.45) is 0 Å². The van der Waals surface area contributed by atoms with Crippen LogP contribution in [0.4, 0.5) is 5.69 Å². The second kappa shape index (κ2) is 3.38. The summed E-state index contributed by atoms with van der Waals surface area (Å²) >= 11 is 0. The molecular weight excluding hydrogens is 188 g/mol. The first-order valence-corrected chi connectivity index (χ1v) is 4.84. The van der Waals surface area contributed by atoms with E-state index in [2.05, 4.69) is 15.2 Å². The Hall–Kier alpha value is -1.84. The van der Waals surface area contributed by atoms with Gasteiger partial charge in [-0.25, -0.2) is 0 Å². The molecule has 2 heterocycles. The molecule has 0 aliphatic carbocycles. The van der Waals surface area contributed by atoms with Crippen LogP contribution in [-0.4, -0.2) is 15.2 Å². The van der Waals surface area contributed by atoms with Crippen molar-refractivity contribution in [2.45, 2.75) is 20.8 Å². The predicted molar refractivity (Wildman–Crippen MR) is 60.4 cm³/mol. The topological polar surface area (TPSA) is 67.6 Å². The standard InChI is InChI=1S/C11H14N4/c1-6-9(12)4-5-10(13-6)11-7(2)14-15-8(11)3/h4-5H,12H2,1-3H3,(H,14,15). The summed E-state index contributed by atoms with van der Waals surface area (Å²) in [6.07, 6.45) is 0. The number of rotatable bonds is 1. The van der Waals surface area contributed by atoms with Gasteiger partial charge in [0.25, 0.3) is 0 Å². The van der Waals surface area contributed by atoms with Crippen molar-refractivity contribution < 1.29 is 0 Å². The Kier molecular flexibility index (Phi) is 2.19. The molecule has 0 aromatic carbocycles. The van der Waals surface area contributed by atoms with E-state index in [0.29, 0.717) is 0 Å². The normalized spacial score (nSPS) is 10.6. The van der Waals surface area contributed by atoms with Crippen LogP contribution < -0.4 is 5.73 Å². The number of nitrogens with two attached hydrogens (primary N) is 1. The van der Waals surface area contributed by atoms with Gasteiger partial charge in [-0.3, -0.25) is 10.1 Å². The van der Waals surface area contributed by atoms with E-state index in [4.69, 9.17) is 5.73 Å². The van der Waals surface area contributed by atoms with E-state index in [-0.39, 0.29) is 0 Å². The number of hydrogen-bond acceptors (Lipinski definition) is 3. The van der Waals surface area contributed by atoms with Gasteiger partial charge in [-0.2, -0.15) is 5.10 Å². The molecule has 0 fully saturated rings. The Morgan fingerprint density at radius 1 is 1.13 bits per heavy atom. The molecule has 0 bridgehead atoms. The summed E-state index contributed by atoms with van der Waals surface area (Å²) in [7, 11) is 0. The molecule has 0 aliphatic rings. The zero-order valence-electron chi connectivity index (χ0n) is 9.13. The molecule has 0 aliphatic heterocycles. The van der Waals surface area contributed by atoms with E-state index >= 15 is 0 Å². The third kappa shape index (κ3) is 1.58. The monoisotopic (exact) mass is 202 g/mol. The number of pyridine rings is 1. The summed E-state index contributed by atoms with van der Waals surface area (Å²) in [5, 5.41) is 7.10. The number of nitrogens with zero attached hydrogens (tertiary/aromatic N) is 2. The molecule has 2 rings (SSSR count). The minimum atomic E-state index is 0.720. The highest BCUT2D eigenvalue weighted by molar-refractivity contribution is 5.66. The zero-order valence-corrected chi connectivity index (χ0v) is 9.13. The van der Waals surface area contributed by atoms with Crippen molar-refractivity contribution in [3.63, 3.8) is 0 Å². The molecule has 0 amide bonds. The molecular formula is C11H14N4. The third-order valence-corrected chi connectivity index (χ3v) is 2.51. The predicted octanol–water partition coefficient (Wildman–Crippen LogP) is 1.98. The van der Waals surface area contributed by atoms with Gasteiger partial charge in [-0.1, -0.05) is 0 Å². The highest BCUT2D eigenvalue weighted by Gasteiger charge is 2.10. The lowest BCUT2D eigenvalue weighted by Crippen LogP contribution is -1.95. The Labute approximate surface area is 88.5 Å². The van der Waals surface area contributed by atoms with Crippen molar-refractivity contribution in [1.82, 2.24) is 15.2 Å². The fourth-order valence-corrected chi connectivity index (χ4v) is 1.64. The number of hydrogen-bond donors (Lipinski definition) is 2. The molecule has 0 spiro atoms. The SMILES string of the molecule is Cc1nc(-c2c(C)n[nH]c2C)ccc1N. The van der Waals surface area contributed by atoms with Crippen molar-refractivity contribution in [2.75, 3.05) is 5.73 Å². The van der Waals surface area contributed by atoms with Gasteiger partial charge in [-0.15, -0.1) is 0 Å². The fourth-order valence-electron chi connectivity index (χ4n) is 1.64. The van der Waals surface area contributed by atoms with Gasteiger partial charge >= 0.3 is 0 Å². The average molecular weight is 202 g/mol. The summed E-state index contributed by atoms with van der Waals surface area (Å²) < 4.78 is 0. The van der Waals surface area contributed by atoms with E-state index in [1.807, 2.05) is 32.9 Å². The maximum atomic E-state index is 5.73. The smallest absolute Gasteiger partial charge is 0.0743 e. The summed E-state index contributed by atoms with van der Waals surface area (Å²) in [6.45, 7) is 5.86. The van der Waals surface area contributed by atoms with E-state index < -0.39 is 0 Å². The fraction of sp³-hybridized carbons (Fsp3) is 0.273. The van der Waals surface area contributed by atoms with Crippen LogP contribution in [0.1, 0.15) is 17.1 Å². The van der Waals surface area contributed by atoms with Crippen molar-refractivity contribution in [3.8, 4) is 11.3 Å². The van der Waals surface area contributed by atoms with Gasteiger partial charge in [0.05, 0.1) is 22.8 Å². The quantitative estimate of drug-likeness (QED) is 0.743. The number of aromatic amines is 1. The maximum Gasteiger partial charge on any atom is 0.0743 e. The van der Waals surface area contributed by atoms with Crippen molar-refractivity contribution in [1.29, 1.82) is 0 Å². The number of nitrogens with one attached hydrogen (secondary N) is 1. The Morgan fingerprint density at radius 3 is 2.40 bits per heavy atom. The lowest BCUT2D eigenvalue weighted by atomic mass is 10.1. The molecule has 0 unspecified atom stereocenters. The van der Waals surface area contributed by atoms with E-state index in [1.165, 1.54) is 0 Å². The third-order valence-electron chi connectivity index (χ3n) is 2.51. The Morgan fingerprint density at radius 2 is 1.87 bits per heavy atom. The van der Waals surface area contributed by atoms with Crippen molar-refractivity contribution in [3.05, 3.63) is 29.2 Å². The molecule has 78 valence electrons. The lowest BCUT2D eigenvalue weighted by Gasteiger charge is -2.04. The van der Waals surface area contributed by atoms with Crippen LogP contribution in [0.15, 0.2) is 12.1 Å². The lowest BCUT2D eigenvalue weighted by molar-refractivity contribution is 1.02. The highest BCUT2D eigenvalue weighted by atomic mass is 15.1. The van der Waals surface area contributed by atoms with E-state index in [1.54, 1.807) is 0 Å². The van der Waals surface area contributed by atoms with Gasteiger partial charge in [0, 0.05) is 11.3 Å². The molecule has 2 aromatic heterocycles. The van der Waals surface area contributed by atoms with Crippen LogP contribution in [0, 0.1) is 20.8 Å². The number of aryl methyl sites for hydroxylation is 3. The van der Waals surface area contributed by atoms with Crippen molar-refractivity contribution >= 4 is 5.69 Å².